The molecular weight excluding hydrogens is 270 g/mol. The van der Waals surface area contributed by atoms with Crippen LogP contribution in [0.3, 0.4) is 0 Å². The van der Waals surface area contributed by atoms with Crippen molar-refractivity contribution >= 4 is 11.3 Å². The molecule has 0 aliphatic rings. The number of aromatic nitrogens is 2. The van der Waals surface area contributed by atoms with E-state index in [2.05, 4.69) is 9.82 Å². The lowest BCUT2D eigenvalue weighted by Gasteiger charge is -2.04. The summed E-state index contributed by atoms with van der Waals surface area (Å²) in [6, 6.07) is 3.48. The fourth-order valence-corrected chi connectivity index (χ4v) is 2.62. The van der Waals surface area contributed by atoms with Gasteiger partial charge in [-0.05, 0) is 13.0 Å². The lowest BCUT2D eigenvalue weighted by molar-refractivity contribution is -0.604. The molecule has 2 aromatic heterocycles. The van der Waals surface area contributed by atoms with E-state index in [0.29, 0.717) is 6.42 Å². The third-order valence-electron chi connectivity index (χ3n) is 2.45. The van der Waals surface area contributed by atoms with Crippen molar-refractivity contribution in [2.45, 2.75) is 13.3 Å². The fraction of sp³-hybridized carbons (Fsp3) is 0.273. The number of hydrogen-bond acceptors (Lipinski definition) is 7. The van der Waals surface area contributed by atoms with Gasteiger partial charge in [0.05, 0.1) is 23.3 Å². The van der Waals surface area contributed by atoms with E-state index < -0.39 is 0 Å². The quantitative estimate of drug-likeness (QED) is 0.488. The summed E-state index contributed by atoms with van der Waals surface area (Å²) in [6.45, 7) is 1.99. The van der Waals surface area contributed by atoms with Crippen molar-refractivity contribution in [3.63, 3.8) is 0 Å². The molecule has 0 atom stereocenters. The molecule has 0 fully saturated rings. The van der Waals surface area contributed by atoms with Gasteiger partial charge >= 0.3 is 0 Å². The Morgan fingerprint density at radius 3 is 3.00 bits per heavy atom. The van der Waals surface area contributed by atoms with Gasteiger partial charge < -0.3 is 5.21 Å². The molecule has 0 bridgehead atoms. The van der Waals surface area contributed by atoms with E-state index >= 15 is 0 Å². The van der Waals surface area contributed by atoms with E-state index in [4.69, 9.17) is 10.4 Å². The Morgan fingerprint density at radius 1 is 1.53 bits per heavy atom. The summed E-state index contributed by atoms with van der Waals surface area (Å²) >= 11 is 1.45. The first-order valence-electron chi connectivity index (χ1n) is 5.52. The molecule has 19 heavy (non-hydrogen) atoms. The SMILES string of the molecule is Cc1nc(-c2ccc[n+]([O-])c2)sc1CCON(O)O. The minimum atomic E-state index is -0.311. The molecule has 0 saturated heterocycles. The van der Waals surface area contributed by atoms with E-state index in [9.17, 15) is 5.21 Å². The highest BCUT2D eigenvalue weighted by Crippen LogP contribution is 2.27. The number of pyridine rings is 1. The second-order valence-electron chi connectivity index (χ2n) is 3.82. The highest BCUT2D eigenvalue weighted by atomic mass is 32.1. The first kappa shape index (κ1) is 13.8. The van der Waals surface area contributed by atoms with Crippen molar-refractivity contribution in [3.05, 3.63) is 40.3 Å². The average molecular weight is 283 g/mol. The van der Waals surface area contributed by atoms with Gasteiger partial charge in [-0.3, -0.25) is 15.3 Å². The molecule has 2 heterocycles. The summed E-state index contributed by atoms with van der Waals surface area (Å²) in [5.74, 6) is 0. The van der Waals surface area contributed by atoms with Crippen LogP contribution in [0.4, 0.5) is 0 Å². The van der Waals surface area contributed by atoms with Crippen LogP contribution in [0, 0.1) is 12.1 Å². The normalized spacial score (nSPS) is 11.2. The van der Waals surface area contributed by atoms with E-state index in [0.717, 1.165) is 25.9 Å². The fourth-order valence-electron chi connectivity index (χ4n) is 1.58. The Bertz CT molecular complexity index is 559. The maximum atomic E-state index is 11.2. The molecule has 0 radical (unpaired) electrons. The van der Waals surface area contributed by atoms with Crippen LogP contribution in [-0.2, 0) is 11.3 Å². The van der Waals surface area contributed by atoms with Crippen molar-refractivity contribution in [2.75, 3.05) is 6.61 Å². The third kappa shape index (κ3) is 3.69. The first-order chi connectivity index (χ1) is 9.06. The molecule has 0 aliphatic heterocycles. The maximum Gasteiger partial charge on any atom is 0.190 e. The molecular formula is C11H13N3O4S. The van der Waals surface area contributed by atoms with Crippen molar-refractivity contribution in [1.82, 2.24) is 10.4 Å². The first-order valence-corrected chi connectivity index (χ1v) is 6.34. The number of thiazole rings is 1. The molecule has 0 amide bonds. The van der Waals surface area contributed by atoms with Crippen molar-refractivity contribution in [1.29, 1.82) is 0 Å². The maximum absolute atomic E-state index is 11.2. The van der Waals surface area contributed by atoms with E-state index in [1.54, 1.807) is 6.07 Å². The molecule has 102 valence electrons. The monoisotopic (exact) mass is 283 g/mol. The molecule has 7 nitrogen and oxygen atoms in total. The summed E-state index contributed by atoms with van der Waals surface area (Å²) < 4.78 is 0.726. The van der Waals surface area contributed by atoms with E-state index in [-0.39, 0.29) is 12.0 Å². The van der Waals surface area contributed by atoms with E-state index in [1.807, 2.05) is 13.0 Å². The molecule has 0 saturated carbocycles. The zero-order valence-electron chi connectivity index (χ0n) is 10.2. The summed E-state index contributed by atoms with van der Waals surface area (Å²) in [6.07, 6.45) is 3.38. The zero-order valence-corrected chi connectivity index (χ0v) is 11.0. The Morgan fingerprint density at radius 2 is 2.32 bits per heavy atom. The van der Waals surface area contributed by atoms with Gasteiger partial charge in [0, 0.05) is 17.4 Å². The molecule has 2 aromatic rings. The van der Waals surface area contributed by atoms with Crippen molar-refractivity contribution in [3.8, 4) is 10.6 Å². The van der Waals surface area contributed by atoms with Crippen LogP contribution in [0.15, 0.2) is 24.5 Å². The summed E-state index contributed by atoms with van der Waals surface area (Å²) in [5, 5.41) is 28.5. The van der Waals surface area contributed by atoms with E-state index in [1.165, 1.54) is 23.7 Å². The smallest absolute Gasteiger partial charge is 0.190 e. The highest BCUT2D eigenvalue weighted by molar-refractivity contribution is 7.15. The van der Waals surface area contributed by atoms with Crippen LogP contribution < -0.4 is 4.73 Å². The molecule has 0 spiro atoms. The summed E-state index contributed by atoms with van der Waals surface area (Å²) in [7, 11) is 0. The Balaban J connectivity index is 2.12. The number of rotatable bonds is 5. The molecule has 0 aromatic carbocycles. The van der Waals surface area contributed by atoms with Gasteiger partial charge in [0.2, 0.25) is 0 Å². The predicted octanol–water partition coefficient (Wildman–Crippen LogP) is 1.31. The van der Waals surface area contributed by atoms with Crippen LogP contribution in [0.1, 0.15) is 10.6 Å². The van der Waals surface area contributed by atoms with Crippen LogP contribution in [0.2, 0.25) is 0 Å². The predicted molar refractivity (Wildman–Crippen MR) is 66.3 cm³/mol. The molecule has 2 N–H and O–H groups in total. The number of hydrogen-bond donors (Lipinski definition) is 2. The van der Waals surface area contributed by atoms with Crippen LogP contribution in [-0.4, -0.2) is 27.4 Å². The van der Waals surface area contributed by atoms with Gasteiger partial charge in [-0.25, -0.2) is 4.98 Å². The highest BCUT2D eigenvalue weighted by Gasteiger charge is 2.11. The third-order valence-corrected chi connectivity index (χ3v) is 3.72. The summed E-state index contributed by atoms with van der Waals surface area (Å²) in [4.78, 5) is 9.87. The lowest BCUT2D eigenvalue weighted by Crippen LogP contribution is -2.23. The average Bonchev–Trinajstić information content (AvgIpc) is 2.71. The van der Waals surface area contributed by atoms with Gasteiger partial charge in [-0.15, -0.1) is 11.3 Å². The number of nitrogens with zero attached hydrogens (tertiary/aromatic N) is 3. The van der Waals surface area contributed by atoms with Gasteiger partial charge in [-0.2, -0.15) is 4.73 Å². The minimum absolute atomic E-state index is 0.131. The van der Waals surface area contributed by atoms with Crippen molar-refractivity contribution < 1.29 is 20.0 Å². The second kappa shape index (κ2) is 6.04. The van der Waals surface area contributed by atoms with Crippen LogP contribution in [0.25, 0.3) is 10.6 Å². The van der Waals surface area contributed by atoms with Crippen LogP contribution >= 0.6 is 11.3 Å². The van der Waals surface area contributed by atoms with Gasteiger partial charge in [0.15, 0.2) is 12.4 Å². The largest absolute Gasteiger partial charge is 0.619 e. The van der Waals surface area contributed by atoms with Crippen molar-refractivity contribution in [2.24, 2.45) is 0 Å². The minimum Gasteiger partial charge on any atom is -0.619 e. The topological polar surface area (TPSA) is 92.8 Å². The molecule has 2 rings (SSSR count). The Hall–Kier alpha value is -1.58. The molecule has 0 unspecified atom stereocenters. The van der Waals surface area contributed by atoms with Crippen LogP contribution in [0.5, 0.6) is 0 Å². The van der Waals surface area contributed by atoms with Gasteiger partial charge in [-0.1, -0.05) is 0 Å². The summed E-state index contributed by atoms with van der Waals surface area (Å²) in [5.41, 5.74) is 1.59. The second-order valence-corrected chi connectivity index (χ2v) is 4.90. The van der Waals surface area contributed by atoms with Gasteiger partial charge in [0.1, 0.15) is 5.01 Å². The molecule has 8 heteroatoms. The Kier molecular flexibility index (Phi) is 4.40. The lowest BCUT2D eigenvalue weighted by atomic mass is 10.3. The number of aryl methyl sites for hydroxylation is 1. The molecule has 0 aliphatic carbocycles. The zero-order chi connectivity index (χ0) is 13.8. The Labute approximate surface area is 113 Å². The standard InChI is InChI=1S/C11H13N3O4S/c1-8-10(4-6-18-14(16)17)19-11(12-8)9-3-2-5-13(15)7-9/h2-3,5,7,16-17H,4,6H2,1H3. The van der Waals surface area contributed by atoms with Gasteiger partial charge in [0.25, 0.3) is 0 Å².